The second-order valence-corrected chi connectivity index (χ2v) is 1.57. The Labute approximate surface area is 58.8 Å². The molecule has 2 nitrogen and oxygen atoms in total. The van der Waals surface area contributed by atoms with Crippen LogP contribution in [-0.2, 0) is 4.74 Å². The molecule has 0 bridgehead atoms. The maximum absolute atomic E-state index is 11.1. The molecule has 0 aliphatic carbocycles. The van der Waals surface area contributed by atoms with E-state index in [1.807, 2.05) is 0 Å². The smallest absolute Gasteiger partial charge is 0.326 e. The summed E-state index contributed by atoms with van der Waals surface area (Å²) in [7, 11) is 0. The van der Waals surface area contributed by atoms with E-state index in [9.17, 15) is 8.78 Å². The largest absolute Gasteiger partial charge is 0.345 e. The van der Waals surface area contributed by atoms with Crippen molar-refractivity contribution in [3.63, 3.8) is 0 Å². The predicted octanol–water partition coefficient (Wildman–Crippen LogP) is 0.995. The normalized spacial score (nSPS) is 13.0. The lowest BCUT2D eigenvalue weighted by Gasteiger charge is -2.03. The van der Waals surface area contributed by atoms with Gasteiger partial charge in [0.25, 0.3) is 0 Å². The Bertz CT molecular complexity index is 54.5. The fourth-order valence-electron chi connectivity index (χ4n) is 0.225. The van der Waals surface area contributed by atoms with E-state index in [4.69, 9.17) is 5.73 Å². The third kappa shape index (κ3) is 11.6. The third-order valence-corrected chi connectivity index (χ3v) is 0.485. The van der Waals surface area contributed by atoms with Crippen LogP contribution in [0.3, 0.4) is 0 Å². The Morgan fingerprint density at radius 3 is 2.11 bits per heavy atom. The number of halogens is 3. The van der Waals surface area contributed by atoms with E-state index in [1.165, 1.54) is 0 Å². The summed E-state index contributed by atoms with van der Waals surface area (Å²) in [6.45, 7) is -1.18. The van der Waals surface area contributed by atoms with Crippen molar-refractivity contribution in [1.82, 2.24) is 0 Å². The standard InChI is InChI=1S/C4H9F2NO.ClH/c1-3(7)2-8-4(5)6;/h3-4H,2,7H2,1H3;1H/t3-;/m0./s1. The lowest BCUT2D eigenvalue weighted by Crippen LogP contribution is -2.23. The summed E-state index contributed by atoms with van der Waals surface area (Å²) in [5.41, 5.74) is 5.08. The van der Waals surface area contributed by atoms with E-state index in [0.29, 0.717) is 0 Å². The van der Waals surface area contributed by atoms with Crippen LogP contribution in [0.1, 0.15) is 6.92 Å². The molecule has 0 radical (unpaired) electrons. The minimum atomic E-state index is -2.69. The van der Waals surface area contributed by atoms with Crippen molar-refractivity contribution < 1.29 is 13.5 Å². The van der Waals surface area contributed by atoms with Crippen LogP contribution >= 0.6 is 12.4 Å². The van der Waals surface area contributed by atoms with Crippen molar-refractivity contribution in [2.75, 3.05) is 6.61 Å². The molecule has 2 N–H and O–H groups in total. The molecule has 9 heavy (non-hydrogen) atoms. The van der Waals surface area contributed by atoms with Crippen LogP contribution in [-0.4, -0.2) is 19.3 Å². The molecule has 0 amide bonds. The average Bonchev–Trinajstić information content (AvgIpc) is 1.61. The summed E-state index contributed by atoms with van der Waals surface area (Å²) in [4.78, 5) is 0. The summed E-state index contributed by atoms with van der Waals surface area (Å²) in [5, 5.41) is 0. The Balaban J connectivity index is 0. The highest BCUT2D eigenvalue weighted by molar-refractivity contribution is 5.85. The Kier molecular flexibility index (Phi) is 8.13. The van der Waals surface area contributed by atoms with Crippen LogP contribution in [0.2, 0.25) is 0 Å². The first-order valence-corrected chi connectivity index (χ1v) is 2.28. The van der Waals surface area contributed by atoms with Gasteiger partial charge >= 0.3 is 6.61 Å². The van der Waals surface area contributed by atoms with E-state index >= 15 is 0 Å². The van der Waals surface area contributed by atoms with Gasteiger partial charge in [0.2, 0.25) is 0 Å². The maximum Gasteiger partial charge on any atom is 0.345 e. The molecule has 0 aromatic carbocycles. The summed E-state index contributed by atoms with van der Waals surface area (Å²) < 4.78 is 26.1. The maximum atomic E-state index is 11.1. The van der Waals surface area contributed by atoms with E-state index in [2.05, 4.69) is 4.74 Å². The van der Waals surface area contributed by atoms with E-state index < -0.39 is 6.61 Å². The van der Waals surface area contributed by atoms with Crippen LogP contribution in [0.15, 0.2) is 0 Å². The van der Waals surface area contributed by atoms with Crippen molar-refractivity contribution in [1.29, 1.82) is 0 Å². The third-order valence-electron chi connectivity index (χ3n) is 0.485. The van der Waals surface area contributed by atoms with Gasteiger partial charge in [-0.05, 0) is 6.92 Å². The number of rotatable bonds is 3. The lowest BCUT2D eigenvalue weighted by molar-refractivity contribution is -0.131. The van der Waals surface area contributed by atoms with Crippen molar-refractivity contribution >= 4 is 12.4 Å². The SMILES string of the molecule is C[C@H](N)COC(F)F.Cl. The molecule has 0 aromatic heterocycles. The fourth-order valence-corrected chi connectivity index (χ4v) is 0.225. The van der Waals surface area contributed by atoms with E-state index in [0.717, 1.165) is 0 Å². The molecule has 5 heteroatoms. The van der Waals surface area contributed by atoms with Crippen LogP contribution < -0.4 is 5.73 Å². The van der Waals surface area contributed by atoms with Gasteiger partial charge in [-0.1, -0.05) is 0 Å². The quantitative estimate of drug-likeness (QED) is 0.670. The van der Waals surface area contributed by atoms with Crippen molar-refractivity contribution in [2.24, 2.45) is 5.73 Å². The van der Waals surface area contributed by atoms with Crippen LogP contribution in [0.5, 0.6) is 0 Å². The molecular weight excluding hydrogens is 151 g/mol. The molecule has 58 valence electrons. The topological polar surface area (TPSA) is 35.2 Å². The molecule has 0 aromatic rings. The molecule has 0 rings (SSSR count). The van der Waals surface area contributed by atoms with E-state index in [1.54, 1.807) is 6.92 Å². The van der Waals surface area contributed by atoms with Gasteiger partial charge in [-0.25, -0.2) is 0 Å². The molecule has 0 unspecified atom stereocenters. The van der Waals surface area contributed by atoms with Gasteiger partial charge in [0.15, 0.2) is 0 Å². The number of hydrogen-bond donors (Lipinski definition) is 1. The number of hydrogen-bond acceptors (Lipinski definition) is 2. The van der Waals surface area contributed by atoms with Gasteiger partial charge in [0, 0.05) is 6.04 Å². The highest BCUT2D eigenvalue weighted by atomic mass is 35.5. The van der Waals surface area contributed by atoms with Crippen molar-refractivity contribution in [3.8, 4) is 0 Å². The highest BCUT2D eigenvalue weighted by Gasteiger charge is 2.01. The molecular formula is C4H10ClF2NO. The van der Waals surface area contributed by atoms with Crippen LogP contribution in [0.25, 0.3) is 0 Å². The van der Waals surface area contributed by atoms with Gasteiger partial charge in [0.05, 0.1) is 6.61 Å². The number of nitrogens with two attached hydrogens (primary N) is 1. The second kappa shape index (κ2) is 6.19. The van der Waals surface area contributed by atoms with Gasteiger partial charge in [0.1, 0.15) is 0 Å². The Hall–Kier alpha value is 0.0700. The molecule has 0 spiro atoms. The second-order valence-electron chi connectivity index (χ2n) is 1.57. The summed E-state index contributed by atoms with van der Waals surface area (Å²) in [5.74, 6) is 0. The summed E-state index contributed by atoms with van der Waals surface area (Å²) in [6, 6.07) is -0.316. The number of ether oxygens (including phenoxy) is 1. The molecule has 0 heterocycles. The van der Waals surface area contributed by atoms with Gasteiger partial charge < -0.3 is 10.5 Å². The Morgan fingerprint density at radius 1 is 1.56 bits per heavy atom. The first kappa shape index (κ1) is 11.8. The van der Waals surface area contributed by atoms with Crippen LogP contribution in [0, 0.1) is 0 Å². The first-order chi connectivity index (χ1) is 3.63. The molecule has 0 saturated heterocycles. The Morgan fingerprint density at radius 2 is 2.00 bits per heavy atom. The van der Waals surface area contributed by atoms with Crippen LogP contribution in [0.4, 0.5) is 8.78 Å². The van der Waals surface area contributed by atoms with Crippen molar-refractivity contribution in [2.45, 2.75) is 19.6 Å². The summed E-state index contributed by atoms with van der Waals surface area (Å²) in [6.07, 6.45) is 0. The zero-order chi connectivity index (χ0) is 6.57. The monoisotopic (exact) mass is 161 g/mol. The predicted molar refractivity (Wildman–Crippen MR) is 32.9 cm³/mol. The summed E-state index contributed by atoms with van der Waals surface area (Å²) >= 11 is 0. The number of alkyl halides is 2. The first-order valence-electron chi connectivity index (χ1n) is 2.28. The molecule has 0 saturated carbocycles. The lowest BCUT2D eigenvalue weighted by atomic mass is 10.4. The highest BCUT2D eigenvalue weighted by Crippen LogP contribution is 1.93. The van der Waals surface area contributed by atoms with Gasteiger partial charge in [-0.15, -0.1) is 12.4 Å². The van der Waals surface area contributed by atoms with Crippen molar-refractivity contribution in [3.05, 3.63) is 0 Å². The zero-order valence-electron chi connectivity index (χ0n) is 5.01. The van der Waals surface area contributed by atoms with Gasteiger partial charge in [-0.3, -0.25) is 0 Å². The fraction of sp³-hybridized carbons (Fsp3) is 1.00. The molecule has 0 aliphatic heterocycles. The van der Waals surface area contributed by atoms with Gasteiger partial charge in [-0.2, -0.15) is 8.78 Å². The van der Waals surface area contributed by atoms with E-state index in [-0.39, 0.29) is 25.1 Å². The molecule has 0 aliphatic rings. The zero-order valence-corrected chi connectivity index (χ0v) is 5.83. The molecule has 0 fully saturated rings. The average molecular weight is 162 g/mol. The minimum Gasteiger partial charge on any atom is -0.326 e. The minimum absolute atomic E-state index is 0. The molecule has 1 atom stereocenters.